The Hall–Kier alpha value is -0.880. The molecule has 1 N–H and O–H groups in total. The van der Waals surface area contributed by atoms with E-state index < -0.39 is 10.8 Å². The smallest absolute Gasteiger partial charge is 0.203 e. The number of anilines is 1. The zero-order valence-electron chi connectivity index (χ0n) is 11.4. The summed E-state index contributed by atoms with van der Waals surface area (Å²) in [6.07, 6.45) is 4.71. The zero-order chi connectivity index (χ0) is 13.4. The summed E-state index contributed by atoms with van der Waals surface area (Å²) in [7, 11) is -0.767. The third-order valence-electron chi connectivity index (χ3n) is 2.46. The number of hydrogen-bond acceptors (Lipinski definition) is 4. The van der Waals surface area contributed by atoms with Gasteiger partial charge in [-0.3, -0.25) is 4.21 Å². The van der Waals surface area contributed by atoms with Gasteiger partial charge in [0.1, 0.15) is 0 Å². The first kappa shape index (κ1) is 15.2. The van der Waals surface area contributed by atoms with Gasteiger partial charge in [-0.25, -0.2) is 4.98 Å². The van der Waals surface area contributed by atoms with Crippen LogP contribution in [0.2, 0.25) is 0 Å². The maximum Gasteiger partial charge on any atom is 0.203 e. The summed E-state index contributed by atoms with van der Waals surface area (Å²) < 4.78 is 18.4. The second-order valence-electron chi connectivity index (χ2n) is 4.15. The third-order valence-corrected chi connectivity index (χ3v) is 3.24. The molecule has 104 valence electrons. The predicted molar refractivity (Wildman–Crippen MR) is 75.5 cm³/mol. The van der Waals surface area contributed by atoms with Crippen LogP contribution in [0.1, 0.15) is 19.0 Å². The molecule has 0 bridgehead atoms. The molecule has 0 saturated heterocycles. The number of aromatic nitrogens is 2. The molecule has 1 aromatic heterocycles. The lowest BCUT2D eigenvalue weighted by Crippen LogP contribution is -2.14. The van der Waals surface area contributed by atoms with Gasteiger partial charge in [-0.1, -0.05) is 0 Å². The summed E-state index contributed by atoms with van der Waals surface area (Å²) in [6, 6.07) is 0. The molecule has 0 fully saturated rings. The summed E-state index contributed by atoms with van der Waals surface area (Å²) in [5, 5.41) is 3.22. The molecule has 1 rings (SSSR count). The highest BCUT2D eigenvalue weighted by atomic mass is 32.2. The summed E-state index contributed by atoms with van der Waals surface area (Å²) in [6.45, 7) is 7.08. The van der Waals surface area contributed by atoms with Gasteiger partial charge in [0, 0.05) is 55.3 Å². The lowest BCUT2D eigenvalue weighted by Gasteiger charge is -2.09. The van der Waals surface area contributed by atoms with Crippen LogP contribution in [0.3, 0.4) is 0 Å². The zero-order valence-corrected chi connectivity index (χ0v) is 12.3. The predicted octanol–water partition coefficient (Wildman–Crippen LogP) is 1.41. The third kappa shape index (κ3) is 5.64. The van der Waals surface area contributed by atoms with Gasteiger partial charge < -0.3 is 14.6 Å². The minimum atomic E-state index is -0.767. The van der Waals surface area contributed by atoms with E-state index in [1.165, 1.54) is 0 Å². The molecule has 1 heterocycles. The van der Waals surface area contributed by atoms with Crippen LogP contribution >= 0.6 is 0 Å². The maximum atomic E-state index is 11.0. The molecule has 1 aromatic rings. The second-order valence-corrected chi connectivity index (χ2v) is 5.71. The number of hydrogen-bond donors (Lipinski definition) is 1. The highest BCUT2D eigenvalue weighted by Gasteiger charge is 2.04. The molecule has 6 heteroatoms. The summed E-state index contributed by atoms with van der Waals surface area (Å²) >= 11 is 0. The second kappa shape index (κ2) is 8.26. The number of nitrogens with zero attached hydrogens (tertiary/aromatic N) is 2. The Morgan fingerprint density at radius 1 is 1.56 bits per heavy atom. The van der Waals surface area contributed by atoms with Crippen LogP contribution in [0, 0.1) is 6.92 Å². The fraction of sp³-hybridized carbons (Fsp3) is 0.750. The van der Waals surface area contributed by atoms with Crippen molar-refractivity contribution in [1.29, 1.82) is 0 Å². The SMILES string of the molecule is CCOCCCn1cc(C)nc1NCCS(C)=O. The quantitative estimate of drug-likeness (QED) is 0.691. The van der Waals surface area contributed by atoms with Gasteiger partial charge in [0.05, 0.1) is 5.69 Å². The standard InChI is InChI=1S/C12H23N3O2S/c1-4-17-8-5-7-15-10-11(2)14-12(15)13-6-9-18(3)16/h10H,4-9H2,1-3H3,(H,13,14). The minimum Gasteiger partial charge on any atom is -0.382 e. The first-order valence-corrected chi connectivity index (χ1v) is 8.01. The van der Waals surface area contributed by atoms with Crippen molar-refractivity contribution in [3.63, 3.8) is 0 Å². The summed E-state index contributed by atoms with van der Waals surface area (Å²) in [5.74, 6) is 1.50. The highest BCUT2D eigenvalue weighted by Crippen LogP contribution is 2.09. The van der Waals surface area contributed by atoms with Gasteiger partial charge in [0.25, 0.3) is 0 Å². The van der Waals surface area contributed by atoms with Crippen molar-refractivity contribution in [1.82, 2.24) is 9.55 Å². The van der Waals surface area contributed by atoms with Gasteiger partial charge in [-0.2, -0.15) is 0 Å². The Morgan fingerprint density at radius 2 is 2.33 bits per heavy atom. The number of aryl methyl sites for hydroxylation is 2. The van der Waals surface area contributed by atoms with Crippen molar-refractivity contribution in [2.24, 2.45) is 0 Å². The van der Waals surface area contributed by atoms with Crippen LogP contribution in [-0.4, -0.2) is 45.5 Å². The van der Waals surface area contributed by atoms with E-state index in [-0.39, 0.29) is 0 Å². The van der Waals surface area contributed by atoms with E-state index in [1.807, 2.05) is 20.0 Å². The van der Waals surface area contributed by atoms with Crippen molar-refractivity contribution in [3.05, 3.63) is 11.9 Å². The van der Waals surface area contributed by atoms with E-state index in [2.05, 4.69) is 14.9 Å². The first-order chi connectivity index (χ1) is 8.63. The summed E-state index contributed by atoms with van der Waals surface area (Å²) in [5.41, 5.74) is 0.992. The molecular weight excluding hydrogens is 250 g/mol. The van der Waals surface area contributed by atoms with Gasteiger partial charge in [-0.15, -0.1) is 0 Å². The molecule has 0 spiro atoms. The lowest BCUT2D eigenvalue weighted by molar-refractivity contribution is 0.142. The number of ether oxygens (including phenoxy) is 1. The van der Waals surface area contributed by atoms with Crippen molar-refractivity contribution >= 4 is 16.7 Å². The Labute approximate surface area is 111 Å². The molecule has 5 nitrogen and oxygen atoms in total. The molecule has 0 radical (unpaired) electrons. The van der Waals surface area contributed by atoms with Gasteiger partial charge in [0.2, 0.25) is 5.95 Å². The van der Waals surface area contributed by atoms with Gasteiger partial charge >= 0.3 is 0 Å². The van der Waals surface area contributed by atoms with E-state index in [4.69, 9.17) is 4.74 Å². The molecule has 18 heavy (non-hydrogen) atoms. The maximum absolute atomic E-state index is 11.0. The average Bonchev–Trinajstić information content (AvgIpc) is 2.65. The Morgan fingerprint density at radius 3 is 3.00 bits per heavy atom. The fourth-order valence-electron chi connectivity index (χ4n) is 1.65. The molecule has 0 aliphatic carbocycles. The Balaban J connectivity index is 2.43. The van der Waals surface area contributed by atoms with Crippen LogP contribution in [-0.2, 0) is 22.1 Å². The monoisotopic (exact) mass is 273 g/mol. The van der Waals surface area contributed by atoms with Gasteiger partial charge in [-0.05, 0) is 20.3 Å². The molecule has 0 amide bonds. The summed E-state index contributed by atoms with van der Waals surface area (Å²) in [4.78, 5) is 4.42. The van der Waals surface area contributed by atoms with Crippen molar-refractivity contribution in [3.8, 4) is 0 Å². The number of rotatable bonds is 9. The van der Waals surface area contributed by atoms with E-state index >= 15 is 0 Å². The first-order valence-electron chi connectivity index (χ1n) is 6.29. The van der Waals surface area contributed by atoms with E-state index in [1.54, 1.807) is 6.26 Å². The van der Waals surface area contributed by atoms with Crippen molar-refractivity contribution in [2.45, 2.75) is 26.8 Å². The Bertz CT molecular complexity index is 379. The van der Waals surface area contributed by atoms with Crippen LogP contribution in [0.5, 0.6) is 0 Å². The minimum absolute atomic E-state index is 0.644. The average molecular weight is 273 g/mol. The lowest BCUT2D eigenvalue weighted by atomic mass is 10.4. The van der Waals surface area contributed by atoms with Crippen LogP contribution < -0.4 is 5.32 Å². The molecule has 0 saturated carbocycles. The Kier molecular flexibility index (Phi) is 6.97. The molecule has 1 atom stereocenters. The molecule has 0 aliphatic rings. The number of imidazole rings is 1. The van der Waals surface area contributed by atoms with E-state index in [0.29, 0.717) is 12.3 Å². The largest absolute Gasteiger partial charge is 0.382 e. The molecular formula is C12H23N3O2S. The van der Waals surface area contributed by atoms with Crippen LogP contribution in [0.25, 0.3) is 0 Å². The fourth-order valence-corrected chi connectivity index (χ4v) is 2.04. The van der Waals surface area contributed by atoms with Crippen LogP contribution in [0.15, 0.2) is 6.20 Å². The van der Waals surface area contributed by atoms with E-state index in [9.17, 15) is 4.21 Å². The van der Waals surface area contributed by atoms with Crippen molar-refractivity contribution in [2.75, 3.05) is 37.1 Å². The molecule has 1 unspecified atom stereocenters. The van der Waals surface area contributed by atoms with E-state index in [0.717, 1.165) is 37.8 Å². The molecule has 0 aromatic carbocycles. The van der Waals surface area contributed by atoms with Crippen molar-refractivity contribution < 1.29 is 8.95 Å². The highest BCUT2D eigenvalue weighted by molar-refractivity contribution is 7.84. The molecule has 0 aliphatic heterocycles. The normalized spacial score (nSPS) is 12.6. The van der Waals surface area contributed by atoms with Gasteiger partial charge in [0.15, 0.2) is 0 Å². The number of nitrogens with one attached hydrogen (secondary N) is 1. The topological polar surface area (TPSA) is 56.1 Å². The van der Waals surface area contributed by atoms with Crippen LogP contribution in [0.4, 0.5) is 5.95 Å².